The maximum atomic E-state index is 11.6. The van der Waals surface area contributed by atoms with Gasteiger partial charge in [0.25, 0.3) is 0 Å². The normalized spacial score (nSPS) is 10.1. The molecule has 0 saturated heterocycles. The average Bonchev–Trinajstić information content (AvgIpc) is 2.59. The lowest BCUT2D eigenvalue weighted by atomic mass is 10.1. The molecule has 0 unspecified atom stereocenters. The second-order valence-corrected chi connectivity index (χ2v) is 5.01. The lowest BCUT2D eigenvalue weighted by Gasteiger charge is -2.15. The van der Waals surface area contributed by atoms with Gasteiger partial charge >= 0.3 is 0 Å². The number of nitriles is 1. The molecule has 0 atom stereocenters. The van der Waals surface area contributed by atoms with E-state index in [2.05, 4.69) is 11.4 Å². The van der Waals surface area contributed by atoms with Crippen LogP contribution in [-0.2, 0) is 13.0 Å². The molecule has 0 saturated carbocycles. The van der Waals surface area contributed by atoms with E-state index >= 15 is 0 Å². The van der Waals surface area contributed by atoms with Crippen molar-refractivity contribution in [3.8, 4) is 23.3 Å². The number of benzene rings is 2. The molecule has 5 nitrogen and oxygen atoms in total. The lowest BCUT2D eigenvalue weighted by Crippen LogP contribution is -2.18. The zero-order valence-corrected chi connectivity index (χ0v) is 13.3. The molecular formula is C18H19N2O3-. The first-order valence-electron chi connectivity index (χ1n) is 7.30. The number of hydrogen-bond donors (Lipinski definition) is 1. The summed E-state index contributed by atoms with van der Waals surface area (Å²) in [4.78, 5) is 0. The number of ether oxygens (including phenoxy) is 2. The summed E-state index contributed by atoms with van der Waals surface area (Å²) in [6, 6.07) is 12.6. The molecule has 0 fully saturated rings. The molecule has 0 radical (unpaired) electrons. The first-order chi connectivity index (χ1) is 11.2. The minimum Gasteiger partial charge on any atom is -0.872 e. The summed E-state index contributed by atoms with van der Waals surface area (Å²) in [6.07, 6.45) is 0.701. The zero-order valence-electron chi connectivity index (χ0n) is 13.3. The Morgan fingerprint density at radius 3 is 2.48 bits per heavy atom. The van der Waals surface area contributed by atoms with Gasteiger partial charge < -0.3 is 19.9 Å². The summed E-state index contributed by atoms with van der Waals surface area (Å²) >= 11 is 0. The Morgan fingerprint density at radius 1 is 1.09 bits per heavy atom. The third-order valence-electron chi connectivity index (χ3n) is 3.58. The fourth-order valence-corrected chi connectivity index (χ4v) is 2.34. The van der Waals surface area contributed by atoms with Crippen molar-refractivity contribution in [1.29, 1.82) is 5.26 Å². The first kappa shape index (κ1) is 16.7. The Hall–Kier alpha value is -2.71. The van der Waals surface area contributed by atoms with Crippen LogP contribution in [-0.4, -0.2) is 20.8 Å². The van der Waals surface area contributed by atoms with Gasteiger partial charge in [-0.15, -0.1) is 5.75 Å². The number of nitrogens with one attached hydrogen (secondary N) is 1. The van der Waals surface area contributed by atoms with Crippen molar-refractivity contribution < 1.29 is 14.6 Å². The predicted molar refractivity (Wildman–Crippen MR) is 85.6 cm³/mol. The van der Waals surface area contributed by atoms with Gasteiger partial charge in [0, 0.05) is 12.6 Å². The molecule has 0 aliphatic carbocycles. The number of hydrogen-bond acceptors (Lipinski definition) is 5. The molecule has 2 aromatic rings. The molecule has 0 aromatic heterocycles. The molecule has 0 amide bonds. The Balaban J connectivity index is 2.00. The second-order valence-electron chi connectivity index (χ2n) is 5.01. The molecule has 23 heavy (non-hydrogen) atoms. The summed E-state index contributed by atoms with van der Waals surface area (Å²) in [5.74, 6) is 1.24. The molecule has 0 bridgehead atoms. The van der Waals surface area contributed by atoms with E-state index in [4.69, 9.17) is 14.7 Å². The highest BCUT2D eigenvalue weighted by atomic mass is 16.5. The summed E-state index contributed by atoms with van der Waals surface area (Å²) in [6.45, 7) is 1.20. The highest BCUT2D eigenvalue weighted by Gasteiger charge is 2.10. The summed E-state index contributed by atoms with van der Waals surface area (Å²) in [5.41, 5.74) is 2.14. The van der Waals surface area contributed by atoms with E-state index in [9.17, 15) is 5.11 Å². The van der Waals surface area contributed by atoms with Crippen LogP contribution in [0.3, 0.4) is 0 Å². The van der Waals surface area contributed by atoms with Gasteiger partial charge in [-0.05, 0) is 30.2 Å². The number of para-hydroxylation sites is 1. The summed E-state index contributed by atoms with van der Waals surface area (Å²) < 4.78 is 10.6. The van der Waals surface area contributed by atoms with Gasteiger partial charge in [0.1, 0.15) is 17.6 Å². The van der Waals surface area contributed by atoms with Crippen molar-refractivity contribution in [2.45, 2.75) is 13.0 Å². The average molecular weight is 311 g/mol. The monoisotopic (exact) mass is 311 g/mol. The van der Waals surface area contributed by atoms with Crippen molar-refractivity contribution in [3.63, 3.8) is 0 Å². The second kappa shape index (κ2) is 8.06. The molecule has 2 rings (SSSR count). The standard InChI is InChI=1S/C18H20N2O3/c1-22-17-10-15(11-19)18(23-2)9-13(17)7-8-20-12-14-5-3-4-6-16(14)21/h3-6,9-10,20-21H,7-8,12H2,1-2H3/p-1. The van der Waals surface area contributed by atoms with Crippen molar-refractivity contribution in [2.75, 3.05) is 20.8 Å². The van der Waals surface area contributed by atoms with E-state index < -0.39 is 0 Å². The van der Waals surface area contributed by atoms with E-state index in [0.717, 1.165) is 11.1 Å². The lowest BCUT2D eigenvalue weighted by molar-refractivity contribution is -0.269. The van der Waals surface area contributed by atoms with Gasteiger partial charge in [-0.1, -0.05) is 24.3 Å². The van der Waals surface area contributed by atoms with Crippen LogP contribution >= 0.6 is 0 Å². The number of rotatable bonds is 7. The van der Waals surface area contributed by atoms with Gasteiger partial charge in [-0.3, -0.25) is 0 Å². The predicted octanol–water partition coefficient (Wildman–Crippen LogP) is 1.98. The fraction of sp³-hybridized carbons (Fsp3) is 0.278. The van der Waals surface area contributed by atoms with E-state index in [1.165, 1.54) is 7.11 Å². The third kappa shape index (κ3) is 4.15. The molecule has 2 aromatic carbocycles. The van der Waals surface area contributed by atoms with Crippen LogP contribution in [0.1, 0.15) is 16.7 Å². The minimum absolute atomic E-state index is 0.0395. The quantitative estimate of drug-likeness (QED) is 0.791. The van der Waals surface area contributed by atoms with Crippen LogP contribution in [0.5, 0.6) is 17.2 Å². The molecule has 120 valence electrons. The largest absolute Gasteiger partial charge is 0.872 e. The van der Waals surface area contributed by atoms with E-state index in [-0.39, 0.29) is 5.75 Å². The van der Waals surface area contributed by atoms with E-state index in [1.54, 1.807) is 25.3 Å². The smallest absolute Gasteiger partial charge is 0.137 e. The van der Waals surface area contributed by atoms with E-state index in [1.807, 2.05) is 18.2 Å². The maximum Gasteiger partial charge on any atom is 0.137 e. The molecule has 0 spiro atoms. The summed E-state index contributed by atoms with van der Waals surface area (Å²) in [7, 11) is 3.11. The van der Waals surface area contributed by atoms with Gasteiger partial charge in [0.05, 0.1) is 19.8 Å². The SMILES string of the molecule is COc1cc(CCNCc2ccccc2[O-])c(OC)cc1C#N. The minimum atomic E-state index is 0.0395. The van der Waals surface area contributed by atoms with Gasteiger partial charge in [-0.2, -0.15) is 5.26 Å². The topological polar surface area (TPSA) is 77.3 Å². The third-order valence-corrected chi connectivity index (χ3v) is 3.58. The fourth-order valence-electron chi connectivity index (χ4n) is 2.34. The Morgan fingerprint density at radius 2 is 1.83 bits per heavy atom. The highest BCUT2D eigenvalue weighted by Crippen LogP contribution is 2.28. The van der Waals surface area contributed by atoms with Crippen molar-refractivity contribution >= 4 is 0 Å². The van der Waals surface area contributed by atoms with Crippen molar-refractivity contribution in [3.05, 3.63) is 53.1 Å². The molecule has 5 heteroatoms. The molecular weight excluding hydrogens is 292 g/mol. The van der Waals surface area contributed by atoms with Crippen LogP contribution < -0.4 is 19.9 Å². The maximum absolute atomic E-state index is 11.6. The Kier molecular flexibility index (Phi) is 5.84. The van der Waals surface area contributed by atoms with Crippen LogP contribution in [0.25, 0.3) is 0 Å². The molecule has 0 aliphatic heterocycles. The number of methoxy groups -OCH3 is 2. The number of nitrogens with zero attached hydrogens (tertiary/aromatic N) is 1. The highest BCUT2D eigenvalue weighted by molar-refractivity contribution is 5.52. The van der Waals surface area contributed by atoms with Crippen molar-refractivity contribution in [2.24, 2.45) is 0 Å². The van der Waals surface area contributed by atoms with E-state index in [0.29, 0.717) is 36.6 Å². The van der Waals surface area contributed by atoms with Crippen LogP contribution in [0.15, 0.2) is 36.4 Å². The molecule has 1 N–H and O–H groups in total. The Labute approximate surface area is 136 Å². The molecule has 0 heterocycles. The summed E-state index contributed by atoms with van der Waals surface area (Å²) in [5, 5.41) is 24.0. The first-order valence-corrected chi connectivity index (χ1v) is 7.30. The zero-order chi connectivity index (χ0) is 16.7. The van der Waals surface area contributed by atoms with Crippen LogP contribution in [0.2, 0.25) is 0 Å². The molecule has 0 aliphatic rings. The van der Waals surface area contributed by atoms with Gasteiger partial charge in [-0.25, -0.2) is 0 Å². The van der Waals surface area contributed by atoms with Crippen LogP contribution in [0, 0.1) is 11.3 Å². The van der Waals surface area contributed by atoms with Crippen molar-refractivity contribution in [1.82, 2.24) is 5.32 Å². The Bertz CT molecular complexity index is 708. The van der Waals surface area contributed by atoms with Crippen LogP contribution in [0.4, 0.5) is 0 Å². The van der Waals surface area contributed by atoms with Gasteiger partial charge in [0.2, 0.25) is 0 Å². The van der Waals surface area contributed by atoms with Gasteiger partial charge in [0.15, 0.2) is 0 Å².